The van der Waals surface area contributed by atoms with Gasteiger partial charge in [0.25, 0.3) is 0 Å². The highest BCUT2D eigenvalue weighted by atomic mass is 32.1. The van der Waals surface area contributed by atoms with Gasteiger partial charge in [0.15, 0.2) is 0 Å². The van der Waals surface area contributed by atoms with Crippen LogP contribution in [0, 0.1) is 6.92 Å². The van der Waals surface area contributed by atoms with Crippen molar-refractivity contribution >= 4 is 11.3 Å². The summed E-state index contributed by atoms with van der Waals surface area (Å²) >= 11 is 1.28. The van der Waals surface area contributed by atoms with Crippen LogP contribution in [0.3, 0.4) is 0 Å². The van der Waals surface area contributed by atoms with E-state index >= 15 is 0 Å². The quantitative estimate of drug-likeness (QED) is 0.818. The average molecular weight is 256 g/mol. The first-order valence-corrected chi connectivity index (χ1v) is 6.96. The molecule has 2 atom stereocenters. The van der Waals surface area contributed by atoms with E-state index in [9.17, 15) is 4.79 Å². The van der Waals surface area contributed by atoms with Gasteiger partial charge in [-0.3, -0.25) is 9.69 Å². The molecule has 0 unspecified atom stereocenters. The first kappa shape index (κ1) is 12.8. The lowest BCUT2D eigenvalue weighted by molar-refractivity contribution is -0.0502. The normalized spacial score (nSPS) is 26.3. The Kier molecular flexibility index (Phi) is 4.01. The minimum absolute atomic E-state index is 0.150. The van der Waals surface area contributed by atoms with E-state index in [0.29, 0.717) is 12.1 Å². The molecule has 1 aromatic heterocycles. The van der Waals surface area contributed by atoms with Gasteiger partial charge in [0.2, 0.25) is 0 Å². The second-order valence-electron chi connectivity index (χ2n) is 4.78. The van der Waals surface area contributed by atoms with E-state index in [1.807, 2.05) is 16.9 Å². The first-order valence-electron chi connectivity index (χ1n) is 6.08. The fraction of sp³-hybridized carbons (Fsp3) is 0.750. The predicted octanol–water partition coefficient (Wildman–Crippen LogP) is 1.33. The number of nitrogens with zero attached hydrogens (tertiary/aromatic N) is 2. The molecule has 5 heteroatoms. The van der Waals surface area contributed by atoms with Crippen molar-refractivity contribution in [2.45, 2.75) is 39.5 Å². The third-order valence-corrected chi connectivity index (χ3v) is 4.21. The molecule has 4 nitrogen and oxygen atoms in total. The summed E-state index contributed by atoms with van der Waals surface area (Å²) in [4.78, 5) is 14.1. The van der Waals surface area contributed by atoms with Crippen LogP contribution in [-0.2, 0) is 11.3 Å². The summed E-state index contributed by atoms with van der Waals surface area (Å²) in [5.74, 6) is 0. The van der Waals surface area contributed by atoms with Crippen LogP contribution in [0.15, 0.2) is 10.2 Å². The van der Waals surface area contributed by atoms with Gasteiger partial charge in [-0.05, 0) is 20.8 Å². The molecule has 0 radical (unpaired) electrons. The number of thiazole rings is 1. The van der Waals surface area contributed by atoms with Gasteiger partial charge in [-0.1, -0.05) is 11.3 Å². The second kappa shape index (κ2) is 5.33. The maximum atomic E-state index is 11.6. The Bertz CT molecular complexity index is 426. The second-order valence-corrected chi connectivity index (χ2v) is 5.60. The summed E-state index contributed by atoms with van der Waals surface area (Å²) in [5.41, 5.74) is 1.06. The summed E-state index contributed by atoms with van der Waals surface area (Å²) in [6, 6.07) is 0.445. The van der Waals surface area contributed by atoms with E-state index in [1.54, 1.807) is 0 Å². The minimum Gasteiger partial charge on any atom is -0.376 e. The Morgan fingerprint density at radius 1 is 1.47 bits per heavy atom. The zero-order valence-electron chi connectivity index (χ0n) is 10.7. The van der Waals surface area contributed by atoms with Gasteiger partial charge in [-0.25, -0.2) is 0 Å². The van der Waals surface area contributed by atoms with Crippen LogP contribution in [0.1, 0.15) is 19.5 Å². The van der Waals surface area contributed by atoms with Crippen molar-refractivity contribution in [1.29, 1.82) is 0 Å². The smallest absolute Gasteiger partial charge is 0.307 e. The minimum atomic E-state index is 0.150. The van der Waals surface area contributed by atoms with E-state index < -0.39 is 0 Å². The van der Waals surface area contributed by atoms with Crippen LogP contribution in [-0.4, -0.2) is 41.3 Å². The lowest BCUT2D eigenvalue weighted by Gasteiger charge is -2.36. The summed E-state index contributed by atoms with van der Waals surface area (Å²) in [5, 5.41) is 1.92. The number of hydrogen-bond donors (Lipinski definition) is 0. The Morgan fingerprint density at radius 3 is 2.88 bits per heavy atom. The van der Waals surface area contributed by atoms with Gasteiger partial charge < -0.3 is 9.30 Å². The summed E-state index contributed by atoms with van der Waals surface area (Å²) in [7, 11) is 0. The van der Waals surface area contributed by atoms with Crippen molar-refractivity contribution in [3.63, 3.8) is 0 Å². The Hall–Kier alpha value is -0.650. The molecule has 96 valence electrons. The predicted molar refractivity (Wildman–Crippen MR) is 69.8 cm³/mol. The molecule has 0 aliphatic carbocycles. The highest BCUT2D eigenvalue weighted by Crippen LogP contribution is 2.11. The van der Waals surface area contributed by atoms with Crippen molar-refractivity contribution in [2.24, 2.45) is 0 Å². The highest BCUT2D eigenvalue weighted by Gasteiger charge is 2.23. The molecule has 0 amide bonds. The van der Waals surface area contributed by atoms with Crippen LogP contribution >= 0.6 is 11.3 Å². The standard InChI is InChI=1S/C12H20N2O2S/c1-9-7-16-11(3)6-13(9)4-5-14-10(2)8-17-12(14)15/h8-9,11H,4-7H2,1-3H3/t9-,11-/m1/s1. The topological polar surface area (TPSA) is 34.5 Å². The fourth-order valence-corrected chi connectivity index (χ4v) is 2.95. The summed E-state index contributed by atoms with van der Waals surface area (Å²) in [6.07, 6.45) is 0.298. The third-order valence-electron chi connectivity index (χ3n) is 3.32. The van der Waals surface area contributed by atoms with Gasteiger partial charge in [0.05, 0.1) is 12.7 Å². The van der Waals surface area contributed by atoms with Gasteiger partial charge in [0.1, 0.15) is 0 Å². The number of hydrogen-bond acceptors (Lipinski definition) is 4. The van der Waals surface area contributed by atoms with Crippen LogP contribution in [0.25, 0.3) is 0 Å². The van der Waals surface area contributed by atoms with Crippen molar-refractivity contribution in [3.8, 4) is 0 Å². The van der Waals surface area contributed by atoms with Crippen molar-refractivity contribution < 1.29 is 4.74 Å². The number of ether oxygens (including phenoxy) is 1. The van der Waals surface area contributed by atoms with Crippen LogP contribution in [0.2, 0.25) is 0 Å². The zero-order valence-corrected chi connectivity index (χ0v) is 11.5. The zero-order chi connectivity index (χ0) is 12.4. The van der Waals surface area contributed by atoms with Crippen molar-refractivity contribution in [3.05, 3.63) is 20.7 Å². The highest BCUT2D eigenvalue weighted by molar-refractivity contribution is 7.07. The first-order chi connectivity index (χ1) is 8.08. The number of rotatable bonds is 3. The third kappa shape index (κ3) is 2.97. The maximum absolute atomic E-state index is 11.6. The Balaban J connectivity index is 1.95. The Labute approximate surface area is 106 Å². The van der Waals surface area contributed by atoms with E-state index in [4.69, 9.17) is 4.74 Å². The summed E-state index contributed by atoms with van der Waals surface area (Å²) in [6.45, 7) is 9.72. The average Bonchev–Trinajstić information content (AvgIpc) is 2.61. The molecular formula is C12H20N2O2S. The number of morpholine rings is 1. The lowest BCUT2D eigenvalue weighted by Crippen LogP contribution is -2.48. The molecule has 0 spiro atoms. The molecule has 2 heterocycles. The van der Waals surface area contributed by atoms with Crippen molar-refractivity contribution in [2.75, 3.05) is 19.7 Å². The molecule has 0 saturated carbocycles. The van der Waals surface area contributed by atoms with E-state index in [-0.39, 0.29) is 4.87 Å². The van der Waals surface area contributed by atoms with E-state index in [0.717, 1.165) is 31.9 Å². The number of aryl methyl sites for hydroxylation is 1. The lowest BCUT2D eigenvalue weighted by atomic mass is 10.2. The van der Waals surface area contributed by atoms with Gasteiger partial charge in [0, 0.05) is 36.8 Å². The van der Waals surface area contributed by atoms with Crippen LogP contribution < -0.4 is 4.87 Å². The maximum Gasteiger partial charge on any atom is 0.307 e. The summed E-state index contributed by atoms with van der Waals surface area (Å²) < 4.78 is 7.46. The molecule has 0 bridgehead atoms. The van der Waals surface area contributed by atoms with Gasteiger partial charge >= 0.3 is 4.87 Å². The molecule has 1 aromatic rings. The van der Waals surface area contributed by atoms with Gasteiger partial charge in [-0.15, -0.1) is 0 Å². The Morgan fingerprint density at radius 2 is 2.24 bits per heavy atom. The molecule has 0 aromatic carbocycles. The van der Waals surface area contributed by atoms with E-state index in [1.165, 1.54) is 11.3 Å². The molecule has 1 saturated heterocycles. The molecular weight excluding hydrogens is 236 g/mol. The molecule has 1 fully saturated rings. The fourth-order valence-electron chi connectivity index (χ4n) is 2.19. The molecule has 2 rings (SSSR count). The van der Waals surface area contributed by atoms with Gasteiger partial charge in [-0.2, -0.15) is 0 Å². The monoisotopic (exact) mass is 256 g/mol. The number of aromatic nitrogens is 1. The molecule has 17 heavy (non-hydrogen) atoms. The van der Waals surface area contributed by atoms with Crippen LogP contribution in [0.4, 0.5) is 0 Å². The van der Waals surface area contributed by atoms with Crippen molar-refractivity contribution in [1.82, 2.24) is 9.47 Å². The van der Waals surface area contributed by atoms with E-state index in [2.05, 4.69) is 18.7 Å². The van der Waals surface area contributed by atoms with Crippen LogP contribution in [0.5, 0.6) is 0 Å². The largest absolute Gasteiger partial charge is 0.376 e. The SMILES string of the molecule is Cc1csc(=O)n1CCN1C[C@@H](C)OC[C@H]1C. The molecule has 1 aliphatic rings. The molecule has 1 aliphatic heterocycles. The molecule has 0 N–H and O–H groups in total.